The molecule has 3 fully saturated rings. The molecule has 6 atom stereocenters. The van der Waals surface area contributed by atoms with Crippen LogP contribution in [0.1, 0.15) is 89.2 Å². The van der Waals surface area contributed by atoms with Gasteiger partial charge in [0.05, 0.1) is 43.9 Å². The van der Waals surface area contributed by atoms with Gasteiger partial charge in [0.15, 0.2) is 0 Å². The van der Waals surface area contributed by atoms with Gasteiger partial charge in [0.2, 0.25) is 11.8 Å². The van der Waals surface area contributed by atoms with Gasteiger partial charge in [-0.25, -0.2) is 14.6 Å². The number of aliphatic imine (C=N–C) groups is 1. The number of fused-ring (bicyclic) bond motifs is 6. The van der Waals surface area contributed by atoms with Crippen molar-refractivity contribution in [1.29, 1.82) is 0 Å². The van der Waals surface area contributed by atoms with Crippen LogP contribution in [-0.4, -0.2) is 108 Å². The minimum Gasteiger partial charge on any atom is -0.488 e. The normalized spacial score (nSPS) is 22.6. The third-order valence-electron chi connectivity index (χ3n) is 14.2. The van der Waals surface area contributed by atoms with E-state index in [4.69, 9.17) is 28.9 Å². The van der Waals surface area contributed by atoms with Crippen LogP contribution in [0.5, 0.6) is 5.75 Å². The van der Waals surface area contributed by atoms with E-state index in [1.54, 1.807) is 0 Å². The van der Waals surface area contributed by atoms with E-state index in [9.17, 15) is 19.2 Å². The fourth-order valence-electron chi connectivity index (χ4n) is 10.6. The van der Waals surface area contributed by atoms with Crippen LogP contribution in [-0.2, 0) is 36.8 Å². The highest BCUT2D eigenvalue weighted by atomic mass is 16.5. The first-order valence-electron chi connectivity index (χ1n) is 22.8. The van der Waals surface area contributed by atoms with Gasteiger partial charge in [-0.15, -0.1) is 0 Å². The van der Waals surface area contributed by atoms with Crippen molar-refractivity contribution in [2.45, 2.75) is 109 Å². The Morgan fingerprint density at radius 3 is 2.45 bits per heavy atom. The number of hydrogen-bond acceptors (Lipinski definition) is 10. The third kappa shape index (κ3) is 8.07. The maximum atomic E-state index is 14.5. The molecule has 0 saturated carbocycles. The van der Waals surface area contributed by atoms with Crippen molar-refractivity contribution in [2.24, 2.45) is 22.7 Å². The zero-order valence-electron chi connectivity index (χ0n) is 37.6. The average molecular weight is 874 g/mol. The second-order valence-corrected chi connectivity index (χ2v) is 18.4. The van der Waals surface area contributed by atoms with Crippen LogP contribution in [0.4, 0.5) is 15.3 Å². The number of likely N-dealkylation sites (tertiary alicyclic amines) is 2. The van der Waals surface area contributed by atoms with E-state index in [-0.39, 0.29) is 41.8 Å². The lowest BCUT2D eigenvalue weighted by Crippen LogP contribution is -2.55. The Labute approximate surface area is 373 Å². The SMILES string of the molecule is CC[C@H]1C[C@@H](C2=Nc3ccc4cc5c(cc4c3C2)OCc2cc(-c3cnc([C@@H]4CC[C@H](C)N4C(=O)[C@@H](NC(=O)OC)C(C)C)[nH]3)ccc2-5)N(C(=O)[C@@H](NC(=O)OC)C2CCOCC2)C1. The molecule has 0 spiro atoms. The molecule has 3 saturated heterocycles. The summed E-state index contributed by atoms with van der Waals surface area (Å²) < 4.78 is 21.9. The van der Waals surface area contributed by atoms with Crippen LogP contribution >= 0.6 is 0 Å². The topological polar surface area (TPSA) is 177 Å². The second-order valence-electron chi connectivity index (χ2n) is 18.4. The Bertz CT molecular complexity index is 2490. The van der Waals surface area contributed by atoms with E-state index in [2.05, 4.69) is 65.0 Å². The summed E-state index contributed by atoms with van der Waals surface area (Å²) >= 11 is 0. The van der Waals surface area contributed by atoms with Gasteiger partial charge in [-0.2, -0.15) is 0 Å². The van der Waals surface area contributed by atoms with Gasteiger partial charge in [0, 0.05) is 43.5 Å². The lowest BCUT2D eigenvalue weighted by Gasteiger charge is -2.34. The summed E-state index contributed by atoms with van der Waals surface area (Å²) in [5.41, 5.74) is 8.03. The van der Waals surface area contributed by atoms with Gasteiger partial charge in [0.25, 0.3) is 0 Å². The van der Waals surface area contributed by atoms with E-state index >= 15 is 0 Å². The number of imidazole rings is 1. The quantitative estimate of drug-likeness (QED) is 0.145. The van der Waals surface area contributed by atoms with Crippen LogP contribution in [0.15, 0.2) is 53.7 Å². The largest absolute Gasteiger partial charge is 0.488 e. The minimum atomic E-state index is -0.717. The smallest absolute Gasteiger partial charge is 0.407 e. The van der Waals surface area contributed by atoms with Crippen molar-refractivity contribution in [1.82, 2.24) is 30.4 Å². The van der Waals surface area contributed by atoms with Crippen molar-refractivity contribution < 1.29 is 38.1 Å². The molecule has 4 amide bonds. The van der Waals surface area contributed by atoms with Gasteiger partial charge >= 0.3 is 12.2 Å². The number of aromatic nitrogens is 2. The molecule has 15 heteroatoms. The fourth-order valence-corrected chi connectivity index (χ4v) is 10.6. The molecule has 5 aliphatic heterocycles. The van der Waals surface area contributed by atoms with Crippen molar-refractivity contribution in [2.75, 3.05) is 34.0 Å². The van der Waals surface area contributed by atoms with Crippen LogP contribution < -0.4 is 15.4 Å². The molecule has 64 heavy (non-hydrogen) atoms. The Balaban J connectivity index is 0.938. The van der Waals surface area contributed by atoms with E-state index < -0.39 is 24.3 Å². The highest BCUT2D eigenvalue weighted by Crippen LogP contribution is 2.45. The summed E-state index contributed by atoms with van der Waals surface area (Å²) in [6, 6.07) is 13.1. The van der Waals surface area contributed by atoms with Crippen molar-refractivity contribution in [3.63, 3.8) is 0 Å². The summed E-state index contributed by atoms with van der Waals surface area (Å²) in [5, 5.41) is 7.79. The molecule has 1 aromatic heterocycles. The second kappa shape index (κ2) is 17.9. The number of amides is 4. The summed E-state index contributed by atoms with van der Waals surface area (Å²) in [7, 11) is 2.62. The molecule has 338 valence electrons. The number of benzene rings is 3. The fraction of sp³-hybridized carbons (Fsp3) is 0.510. The number of hydrogen-bond donors (Lipinski definition) is 3. The summed E-state index contributed by atoms with van der Waals surface area (Å²) in [6.45, 7) is 10.2. The zero-order chi connectivity index (χ0) is 44.8. The first kappa shape index (κ1) is 43.3. The monoisotopic (exact) mass is 873 g/mol. The number of H-pyrrole nitrogens is 1. The minimum absolute atomic E-state index is 0.0140. The molecule has 3 N–H and O–H groups in total. The van der Waals surface area contributed by atoms with Gasteiger partial charge in [0.1, 0.15) is 30.3 Å². The molecular weight excluding hydrogens is 815 g/mol. The lowest BCUT2D eigenvalue weighted by molar-refractivity contribution is -0.137. The summed E-state index contributed by atoms with van der Waals surface area (Å²) in [5.74, 6) is 1.48. The van der Waals surface area contributed by atoms with Gasteiger partial charge in [-0.1, -0.05) is 45.4 Å². The molecule has 9 rings (SSSR count). The van der Waals surface area contributed by atoms with Crippen molar-refractivity contribution in [3.05, 3.63) is 65.6 Å². The van der Waals surface area contributed by atoms with Crippen LogP contribution in [0, 0.1) is 17.8 Å². The first-order valence-corrected chi connectivity index (χ1v) is 22.8. The van der Waals surface area contributed by atoms with Gasteiger partial charge in [-0.3, -0.25) is 14.6 Å². The van der Waals surface area contributed by atoms with Crippen molar-refractivity contribution >= 4 is 46.2 Å². The Morgan fingerprint density at radius 1 is 0.922 bits per heavy atom. The number of alkyl carbamates (subject to hydrolysis) is 2. The van der Waals surface area contributed by atoms with Crippen LogP contribution in [0.3, 0.4) is 0 Å². The molecule has 3 aromatic carbocycles. The summed E-state index contributed by atoms with van der Waals surface area (Å²) in [4.78, 5) is 70.3. The molecule has 0 radical (unpaired) electrons. The first-order chi connectivity index (χ1) is 31.0. The number of carbonyl (C=O) groups excluding carboxylic acids is 4. The third-order valence-corrected chi connectivity index (χ3v) is 14.2. The highest BCUT2D eigenvalue weighted by molar-refractivity contribution is 6.06. The summed E-state index contributed by atoms with van der Waals surface area (Å²) in [6.07, 6.45) is 5.97. The van der Waals surface area contributed by atoms with E-state index in [0.29, 0.717) is 57.4 Å². The van der Waals surface area contributed by atoms with E-state index in [0.717, 1.165) is 87.1 Å². The maximum absolute atomic E-state index is 14.5. The predicted octanol–water partition coefficient (Wildman–Crippen LogP) is 7.63. The molecule has 6 heterocycles. The number of nitrogens with one attached hydrogen (secondary N) is 3. The highest BCUT2D eigenvalue weighted by Gasteiger charge is 2.44. The van der Waals surface area contributed by atoms with Gasteiger partial charge < -0.3 is 44.4 Å². The molecular formula is C49H59N7O8. The molecule has 0 aliphatic carbocycles. The molecule has 0 bridgehead atoms. The average Bonchev–Trinajstić information content (AvgIpc) is 4.14. The number of carbonyl (C=O) groups is 4. The van der Waals surface area contributed by atoms with E-state index in [1.165, 1.54) is 14.2 Å². The number of ether oxygens (including phenoxy) is 4. The lowest BCUT2D eigenvalue weighted by atomic mass is 9.90. The molecule has 0 unspecified atom stereocenters. The Morgan fingerprint density at radius 2 is 1.70 bits per heavy atom. The molecule has 5 aliphatic rings. The number of aromatic amines is 1. The number of rotatable bonds is 10. The number of nitrogens with zero attached hydrogens (tertiary/aromatic N) is 4. The van der Waals surface area contributed by atoms with Crippen LogP contribution in [0.2, 0.25) is 0 Å². The van der Waals surface area contributed by atoms with E-state index in [1.807, 2.05) is 36.8 Å². The Kier molecular flexibility index (Phi) is 12.1. The number of methoxy groups -OCH3 is 2. The molecule has 4 aromatic rings. The Hall–Kier alpha value is -5.96. The van der Waals surface area contributed by atoms with Gasteiger partial charge in [-0.05, 0) is 114 Å². The van der Waals surface area contributed by atoms with Crippen LogP contribution in [0.25, 0.3) is 33.2 Å². The van der Waals surface area contributed by atoms with Crippen molar-refractivity contribution in [3.8, 4) is 28.1 Å². The zero-order valence-corrected chi connectivity index (χ0v) is 37.6. The maximum Gasteiger partial charge on any atom is 0.407 e. The predicted molar refractivity (Wildman–Crippen MR) is 241 cm³/mol. The standard InChI is InChI=1S/C49H59N7O8/c1-7-28-18-41(55(24-28)46(57)44(54-49(60)62-6)29-14-16-63-17-15-29)38-21-35-34-22-42-36(20-30(34)10-12-37(35)51-38)33-11-9-31(19-32(33)25-64-42)39-23-50-45(52-39)40-13-8-27(4)56(40)47(58)43(26(2)3)53-48(59)61-5/h9-12,19-20,22-23,26-29,40-41,43-44H,7-8,13-18,21,24-25H2,1-6H3,(H,50,52)(H,53,59)(H,54,60)/t27-,28-,40-,41-,43-,44-/m0/s1. The molecule has 15 nitrogen and oxygen atoms in total.